The highest BCUT2D eigenvalue weighted by Gasteiger charge is 2.41. The molecule has 8 nitrogen and oxygen atoms in total. The maximum absolute atomic E-state index is 6.35. The van der Waals surface area contributed by atoms with Crippen molar-refractivity contribution in [3.63, 3.8) is 0 Å². The normalized spacial score (nSPS) is 20.9. The molecule has 2 aliphatic rings. The Morgan fingerprint density at radius 3 is 2.65 bits per heavy atom. The Morgan fingerprint density at radius 1 is 1.17 bits per heavy atom. The highest BCUT2D eigenvalue weighted by atomic mass is 35.5. The van der Waals surface area contributed by atoms with Crippen LogP contribution in [-0.2, 0) is 9.47 Å². The largest absolute Gasteiger partial charge is 0.473 e. The summed E-state index contributed by atoms with van der Waals surface area (Å²) in [7, 11) is 0. The van der Waals surface area contributed by atoms with E-state index in [1.54, 1.807) is 0 Å². The lowest BCUT2D eigenvalue weighted by Crippen LogP contribution is -2.38. The summed E-state index contributed by atoms with van der Waals surface area (Å²) in [5.41, 5.74) is 0. The van der Waals surface area contributed by atoms with Crippen molar-refractivity contribution < 1.29 is 14.2 Å². The van der Waals surface area contributed by atoms with Crippen molar-refractivity contribution in [2.45, 2.75) is 37.6 Å². The van der Waals surface area contributed by atoms with Gasteiger partial charge in [-0.05, 0) is 12.8 Å². The van der Waals surface area contributed by atoms with Crippen LogP contribution in [0.3, 0.4) is 0 Å². The van der Waals surface area contributed by atoms with Crippen LogP contribution in [0.4, 0.5) is 0 Å². The van der Waals surface area contributed by atoms with Gasteiger partial charge in [-0.3, -0.25) is 0 Å². The minimum absolute atomic E-state index is 0.0319. The van der Waals surface area contributed by atoms with Gasteiger partial charge in [-0.25, -0.2) is 19.6 Å². The summed E-state index contributed by atoms with van der Waals surface area (Å²) < 4.78 is 18.9. The zero-order chi connectivity index (χ0) is 15.7. The van der Waals surface area contributed by atoms with Crippen LogP contribution < -0.4 is 4.74 Å². The minimum atomic E-state index is -0.402. The van der Waals surface area contributed by atoms with Gasteiger partial charge in [0.05, 0.1) is 13.2 Å². The average Bonchev–Trinajstić information content (AvgIpc) is 3.24. The summed E-state index contributed by atoms with van der Waals surface area (Å²) >= 11 is 6.35. The second-order valence-electron chi connectivity index (χ2n) is 5.58. The monoisotopic (exact) mass is 337 g/mol. The summed E-state index contributed by atoms with van der Waals surface area (Å²) in [5, 5.41) is 4.35. The lowest BCUT2D eigenvalue weighted by Gasteiger charge is -2.35. The Kier molecular flexibility index (Phi) is 3.88. The molecule has 1 saturated carbocycles. The summed E-state index contributed by atoms with van der Waals surface area (Å²) in [4.78, 5) is 12.2. The fourth-order valence-corrected chi connectivity index (χ4v) is 3.23. The third-order valence-electron chi connectivity index (χ3n) is 4.16. The second-order valence-corrected chi connectivity index (χ2v) is 5.96. The van der Waals surface area contributed by atoms with Crippen LogP contribution in [0.15, 0.2) is 19.0 Å². The highest BCUT2D eigenvalue weighted by molar-refractivity contribution is 6.33. The molecule has 1 spiro atoms. The van der Waals surface area contributed by atoms with Crippen LogP contribution in [0.1, 0.15) is 25.7 Å². The third kappa shape index (κ3) is 2.89. The van der Waals surface area contributed by atoms with Crippen molar-refractivity contribution in [1.82, 2.24) is 24.7 Å². The van der Waals surface area contributed by atoms with E-state index in [0.29, 0.717) is 29.9 Å². The molecule has 2 fully saturated rings. The van der Waals surface area contributed by atoms with Crippen LogP contribution in [0.2, 0.25) is 5.02 Å². The molecule has 0 atom stereocenters. The molecule has 1 aliphatic carbocycles. The molecule has 2 aromatic rings. The van der Waals surface area contributed by atoms with E-state index in [-0.39, 0.29) is 6.10 Å². The molecule has 0 amide bonds. The van der Waals surface area contributed by atoms with Crippen LogP contribution in [0.5, 0.6) is 5.88 Å². The van der Waals surface area contributed by atoms with Gasteiger partial charge in [0, 0.05) is 12.8 Å². The molecule has 2 aromatic heterocycles. The smallest absolute Gasteiger partial charge is 0.238 e. The van der Waals surface area contributed by atoms with Gasteiger partial charge in [-0.2, -0.15) is 5.10 Å². The lowest BCUT2D eigenvalue weighted by atomic mass is 9.92. The molecular weight excluding hydrogens is 322 g/mol. The maximum atomic E-state index is 6.35. The SMILES string of the molecule is Clc1c(OC2CCC3(CC2)OCCO3)ncnc1-n1cncn1. The highest BCUT2D eigenvalue weighted by Crippen LogP contribution is 2.38. The Balaban J connectivity index is 1.46. The third-order valence-corrected chi connectivity index (χ3v) is 4.49. The molecule has 0 radical (unpaired) electrons. The quantitative estimate of drug-likeness (QED) is 0.843. The summed E-state index contributed by atoms with van der Waals surface area (Å²) in [5.74, 6) is 0.409. The molecule has 1 aliphatic heterocycles. The molecule has 1 saturated heterocycles. The van der Waals surface area contributed by atoms with E-state index in [1.165, 1.54) is 23.7 Å². The predicted octanol–water partition coefficient (Wildman–Crippen LogP) is 1.78. The van der Waals surface area contributed by atoms with E-state index in [1.807, 2.05) is 0 Å². The molecule has 23 heavy (non-hydrogen) atoms. The second kappa shape index (κ2) is 6.03. The van der Waals surface area contributed by atoms with Gasteiger partial charge >= 0.3 is 0 Å². The Hall–Kier alpha value is -1.77. The van der Waals surface area contributed by atoms with Crippen molar-refractivity contribution in [1.29, 1.82) is 0 Å². The first-order valence-electron chi connectivity index (χ1n) is 7.56. The van der Waals surface area contributed by atoms with E-state index in [4.69, 9.17) is 25.8 Å². The molecule has 4 rings (SSSR count). The molecule has 9 heteroatoms. The van der Waals surface area contributed by atoms with E-state index in [0.717, 1.165) is 25.7 Å². The van der Waals surface area contributed by atoms with Crippen LogP contribution in [0, 0.1) is 0 Å². The number of hydrogen-bond donors (Lipinski definition) is 0. The molecule has 0 unspecified atom stereocenters. The summed E-state index contributed by atoms with van der Waals surface area (Å²) in [6.45, 7) is 1.34. The van der Waals surface area contributed by atoms with Gasteiger partial charge in [-0.15, -0.1) is 0 Å². The summed E-state index contributed by atoms with van der Waals surface area (Å²) in [6.07, 6.45) is 7.68. The van der Waals surface area contributed by atoms with Crippen molar-refractivity contribution >= 4 is 11.6 Å². The maximum Gasteiger partial charge on any atom is 0.238 e. The number of halogens is 1. The van der Waals surface area contributed by atoms with Gasteiger partial charge in [0.15, 0.2) is 11.6 Å². The molecule has 122 valence electrons. The van der Waals surface area contributed by atoms with Gasteiger partial charge in [-0.1, -0.05) is 11.6 Å². The van der Waals surface area contributed by atoms with E-state index >= 15 is 0 Å². The number of aromatic nitrogens is 5. The Labute approximate surface area is 137 Å². The van der Waals surface area contributed by atoms with Crippen molar-refractivity contribution in [2.75, 3.05) is 13.2 Å². The van der Waals surface area contributed by atoms with Crippen LogP contribution >= 0.6 is 11.6 Å². The molecule has 0 N–H and O–H groups in total. The Bertz CT molecular complexity index is 665. The van der Waals surface area contributed by atoms with E-state index in [9.17, 15) is 0 Å². The van der Waals surface area contributed by atoms with Crippen molar-refractivity contribution in [3.05, 3.63) is 24.0 Å². The fraction of sp³-hybridized carbons (Fsp3) is 0.571. The van der Waals surface area contributed by atoms with Crippen LogP contribution in [0.25, 0.3) is 5.82 Å². The van der Waals surface area contributed by atoms with Crippen molar-refractivity contribution in [2.24, 2.45) is 0 Å². The van der Waals surface area contributed by atoms with Gasteiger partial charge < -0.3 is 14.2 Å². The number of rotatable bonds is 3. The summed E-state index contributed by atoms with van der Waals surface area (Å²) in [6, 6.07) is 0. The molecule has 0 aromatic carbocycles. The first kappa shape index (κ1) is 14.8. The van der Waals surface area contributed by atoms with Gasteiger partial charge in [0.25, 0.3) is 0 Å². The predicted molar refractivity (Wildman–Crippen MR) is 79.5 cm³/mol. The Morgan fingerprint density at radius 2 is 1.96 bits per heavy atom. The first-order valence-corrected chi connectivity index (χ1v) is 7.94. The molecular formula is C14H16ClN5O3. The van der Waals surface area contributed by atoms with E-state index in [2.05, 4.69) is 20.1 Å². The standard InChI is InChI=1S/C14H16ClN5O3/c15-11-12(20-9-16-7-19-20)17-8-18-13(11)23-10-1-3-14(4-2-10)21-5-6-22-14/h7-10H,1-6H2. The number of nitrogens with zero attached hydrogens (tertiary/aromatic N) is 5. The zero-order valence-electron chi connectivity index (χ0n) is 12.4. The van der Waals surface area contributed by atoms with Crippen molar-refractivity contribution in [3.8, 4) is 11.7 Å². The van der Waals surface area contributed by atoms with Gasteiger partial charge in [0.1, 0.15) is 30.1 Å². The number of hydrogen-bond acceptors (Lipinski definition) is 7. The van der Waals surface area contributed by atoms with Crippen LogP contribution in [-0.4, -0.2) is 49.8 Å². The zero-order valence-corrected chi connectivity index (χ0v) is 13.1. The molecule has 0 bridgehead atoms. The van der Waals surface area contributed by atoms with Gasteiger partial charge in [0.2, 0.25) is 5.88 Å². The average molecular weight is 338 g/mol. The van der Waals surface area contributed by atoms with E-state index < -0.39 is 5.79 Å². The first-order chi connectivity index (χ1) is 11.3. The molecule has 3 heterocycles. The number of ether oxygens (including phenoxy) is 3. The minimum Gasteiger partial charge on any atom is -0.473 e. The fourth-order valence-electron chi connectivity index (χ4n) is 3.00. The topological polar surface area (TPSA) is 84.2 Å². The lowest BCUT2D eigenvalue weighted by molar-refractivity contribution is -0.186.